The third-order valence-electron chi connectivity index (χ3n) is 3.71. The Morgan fingerprint density at radius 1 is 1.35 bits per heavy atom. The summed E-state index contributed by atoms with van der Waals surface area (Å²) in [6, 6.07) is 8.77. The summed E-state index contributed by atoms with van der Waals surface area (Å²) < 4.78 is 0. The van der Waals surface area contributed by atoms with Gasteiger partial charge in [-0.15, -0.1) is 11.3 Å². The summed E-state index contributed by atoms with van der Waals surface area (Å²) in [6.07, 6.45) is 2.38. The van der Waals surface area contributed by atoms with E-state index in [0.29, 0.717) is 0 Å². The van der Waals surface area contributed by atoms with Gasteiger partial charge in [-0.1, -0.05) is 18.2 Å². The van der Waals surface area contributed by atoms with Crippen LogP contribution in [-0.4, -0.2) is 24.6 Å². The standard InChI is InChI=1S/C16H21N3S/c1-13-12-20-16(18-13)11-17-8-4-9-19-10-7-14-5-2-3-6-15(14)19/h2-3,5-6,12,17H,4,7-11H2,1H3. The molecule has 3 rings (SSSR count). The molecule has 106 valence electrons. The maximum Gasteiger partial charge on any atom is 0.107 e. The molecule has 0 unspecified atom stereocenters. The third kappa shape index (κ3) is 3.19. The van der Waals surface area contributed by atoms with Gasteiger partial charge < -0.3 is 10.2 Å². The van der Waals surface area contributed by atoms with E-state index in [1.165, 1.54) is 35.6 Å². The van der Waals surface area contributed by atoms with E-state index in [4.69, 9.17) is 0 Å². The van der Waals surface area contributed by atoms with Crippen LogP contribution in [0.2, 0.25) is 0 Å². The van der Waals surface area contributed by atoms with Crippen LogP contribution < -0.4 is 10.2 Å². The first kappa shape index (κ1) is 13.6. The number of rotatable bonds is 6. The van der Waals surface area contributed by atoms with E-state index >= 15 is 0 Å². The second-order valence-electron chi connectivity index (χ2n) is 5.28. The van der Waals surface area contributed by atoms with Crippen molar-refractivity contribution >= 4 is 17.0 Å². The maximum absolute atomic E-state index is 4.46. The zero-order valence-electron chi connectivity index (χ0n) is 11.9. The van der Waals surface area contributed by atoms with Crippen LogP contribution in [-0.2, 0) is 13.0 Å². The average Bonchev–Trinajstić information content (AvgIpc) is 3.05. The topological polar surface area (TPSA) is 28.2 Å². The van der Waals surface area contributed by atoms with Crippen molar-refractivity contribution in [3.05, 3.63) is 45.9 Å². The van der Waals surface area contributed by atoms with Gasteiger partial charge in [-0.3, -0.25) is 0 Å². The number of benzene rings is 1. The molecule has 20 heavy (non-hydrogen) atoms. The van der Waals surface area contributed by atoms with Crippen molar-refractivity contribution in [1.82, 2.24) is 10.3 Å². The van der Waals surface area contributed by atoms with Crippen molar-refractivity contribution in [2.75, 3.05) is 24.5 Å². The lowest BCUT2D eigenvalue weighted by molar-refractivity contribution is 0.636. The van der Waals surface area contributed by atoms with Crippen LogP contribution in [0.1, 0.15) is 22.7 Å². The molecule has 2 heterocycles. The van der Waals surface area contributed by atoms with Crippen LogP contribution in [0, 0.1) is 6.92 Å². The number of nitrogens with one attached hydrogen (secondary N) is 1. The van der Waals surface area contributed by atoms with Gasteiger partial charge in [0.05, 0.1) is 0 Å². The van der Waals surface area contributed by atoms with Crippen LogP contribution in [0.25, 0.3) is 0 Å². The van der Waals surface area contributed by atoms with Gasteiger partial charge in [-0.2, -0.15) is 0 Å². The molecule has 1 aromatic carbocycles. The summed E-state index contributed by atoms with van der Waals surface area (Å²) in [5, 5.41) is 6.78. The zero-order chi connectivity index (χ0) is 13.8. The van der Waals surface area contributed by atoms with E-state index in [-0.39, 0.29) is 0 Å². The molecule has 0 bridgehead atoms. The van der Waals surface area contributed by atoms with Crippen LogP contribution >= 0.6 is 11.3 Å². The SMILES string of the molecule is Cc1csc(CNCCCN2CCc3ccccc32)n1. The molecule has 1 aliphatic heterocycles. The van der Waals surface area contributed by atoms with E-state index in [1.807, 2.05) is 6.92 Å². The molecule has 0 spiro atoms. The highest BCUT2D eigenvalue weighted by Gasteiger charge is 2.17. The van der Waals surface area contributed by atoms with Gasteiger partial charge in [-0.05, 0) is 37.9 Å². The molecular weight excluding hydrogens is 266 g/mol. The van der Waals surface area contributed by atoms with Crippen molar-refractivity contribution in [2.24, 2.45) is 0 Å². The normalized spacial score (nSPS) is 13.8. The Morgan fingerprint density at radius 3 is 3.10 bits per heavy atom. The lowest BCUT2D eigenvalue weighted by atomic mass is 10.2. The van der Waals surface area contributed by atoms with Crippen LogP contribution in [0.15, 0.2) is 29.6 Å². The van der Waals surface area contributed by atoms with Gasteiger partial charge >= 0.3 is 0 Å². The molecule has 4 heteroatoms. The van der Waals surface area contributed by atoms with Crippen molar-refractivity contribution in [3.63, 3.8) is 0 Å². The van der Waals surface area contributed by atoms with Crippen LogP contribution in [0.3, 0.4) is 0 Å². The minimum Gasteiger partial charge on any atom is -0.371 e. The highest BCUT2D eigenvalue weighted by molar-refractivity contribution is 7.09. The van der Waals surface area contributed by atoms with Crippen molar-refractivity contribution in [3.8, 4) is 0 Å². The first-order valence-electron chi connectivity index (χ1n) is 7.27. The van der Waals surface area contributed by atoms with Crippen molar-refractivity contribution < 1.29 is 0 Å². The Balaban J connectivity index is 1.39. The summed E-state index contributed by atoms with van der Waals surface area (Å²) in [5.74, 6) is 0. The molecule has 0 saturated carbocycles. The van der Waals surface area contributed by atoms with E-state index in [0.717, 1.165) is 25.3 Å². The summed E-state index contributed by atoms with van der Waals surface area (Å²) in [4.78, 5) is 6.97. The minimum absolute atomic E-state index is 0.898. The number of aromatic nitrogens is 1. The Bertz CT molecular complexity index is 564. The van der Waals surface area contributed by atoms with Gasteiger partial charge in [0, 0.05) is 36.4 Å². The molecule has 0 saturated heterocycles. The molecule has 0 aliphatic carbocycles. The summed E-state index contributed by atoms with van der Waals surface area (Å²) in [6.45, 7) is 6.31. The Hall–Kier alpha value is -1.39. The minimum atomic E-state index is 0.898. The first-order chi connectivity index (χ1) is 9.83. The quantitative estimate of drug-likeness (QED) is 0.828. The van der Waals surface area contributed by atoms with Gasteiger partial charge in [0.2, 0.25) is 0 Å². The molecule has 0 amide bonds. The van der Waals surface area contributed by atoms with Crippen molar-refractivity contribution in [1.29, 1.82) is 0 Å². The highest BCUT2D eigenvalue weighted by Crippen LogP contribution is 2.27. The van der Waals surface area contributed by atoms with Gasteiger partial charge in [0.1, 0.15) is 5.01 Å². The van der Waals surface area contributed by atoms with Crippen LogP contribution in [0.5, 0.6) is 0 Å². The highest BCUT2D eigenvalue weighted by atomic mass is 32.1. The predicted molar refractivity (Wildman–Crippen MR) is 85.5 cm³/mol. The number of hydrogen-bond donors (Lipinski definition) is 1. The summed E-state index contributed by atoms with van der Waals surface area (Å²) in [7, 11) is 0. The van der Waals surface area contributed by atoms with Crippen molar-refractivity contribution in [2.45, 2.75) is 26.3 Å². The number of thiazole rings is 1. The Kier molecular flexibility index (Phi) is 4.33. The molecule has 1 aromatic heterocycles. The number of fused-ring (bicyclic) bond motifs is 1. The Labute approximate surface area is 124 Å². The number of anilines is 1. The maximum atomic E-state index is 4.46. The second-order valence-corrected chi connectivity index (χ2v) is 6.22. The molecule has 1 aliphatic rings. The van der Waals surface area contributed by atoms with E-state index in [2.05, 4.69) is 44.8 Å². The van der Waals surface area contributed by atoms with E-state index in [1.54, 1.807) is 11.3 Å². The van der Waals surface area contributed by atoms with E-state index in [9.17, 15) is 0 Å². The lowest BCUT2D eigenvalue weighted by Gasteiger charge is -2.19. The summed E-state index contributed by atoms with van der Waals surface area (Å²) >= 11 is 1.74. The second kappa shape index (κ2) is 6.37. The molecule has 0 fully saturated rings. The number of hydrogen-bond acceptors (Lipinski definition) is 4. The van der Waals surface area contributed by atoms with Gasteiger partial charge in [0.15, 0.2) is 0 Å². The monoisotopic (exact) mass is 287 g/mol. The molecule has 0 radical (unpaired) electrons. The number of nitrogens with zero attached hydrogens (tertiary/aromatic N) is 2. The molecule has 1 N–H and O–H groups in total. The zero-order valence-corrected chi connectivity index (χ0v) is 12.7. The van der Waals surface area contributed by atoms with Crippen LogP contribution in [0.4, 0.5) is 5.69 Å². The third-order valence-corrected chi connectivity index (χ3v) is 4.67. The number of para-hydroxylation sites is 1. The van der Waals surface area contributed by atoms with E-state index < -0.39 is 0 Å². The largest absolute Gasteiger partial charge is 0.371 e. The molecule has 3 nitrogen and oxygen atoms in total. The fourth-order valence-electron chi connectivity index (χ4n) is 2.71. The smallest absolute Gasteiger partial charge is 0.107 e. The Morgan fingerprint density at radius 2 is 2.25 bits per heavy atom. The molecular formula is C16H21N3S. The predicted octanol–water partition coefficient (Wildman–Crippen LogP) is 2.99. The lowest BCUT2D eigenvalue weighted by Crippen LogP contribution is -2.25. The van der Waals surface area contributed by atoms with Gasteiger partial charge in [-0.25, -0.2) is 4.98 Å². The summed E-state index contributed by atoms with van der Waals surface area (Å²) in [5.41, 5.74) is 4.06. The first-order valence-corrected chi connectivity index (χ1v) is 8.15. The average molecular weight is 287 g/mol. The molecule has 2 aromatic rings. The molecule has 0 atom stereocenters. The number of aryl methyl sites for hydroxylation is 1. The fourth-order valence-corrected chi connectivity index (χ4v) is 3.45. The fraction of sp³-hybridized carbons (Fsp3) is 0.438. The van der Waals surface area contributed by atoms with Gasteiger partial charge in [0.25, 0.3) is 0 Å².